The Morgan fingerprint density at radius 2 is 2.00 bits per heavy atom. The quantitative estimate of drug-likeness (QED) is 0.529. The summed E-state index contributed by atoms with van der Waals surface area (Å²) in [6.07, 6.45) is 4.98. The summed E-state index contributed by atoms with van der Waals surface area (Å²) in [4.78, 5) is 27.7. The van der Waals surface area contributed by atoms with E-state index in [1.807, 2.05) is 0 Å². The van der Waals surface area contributed by atoms with Crippen molar-refractivity contribution in [2.75, 3.05) is 13.2 Å². The number of ether oxygens (including phenoxy) is 2. The van der Waals surface area contributed by atoms with E-state index in [0.29, 0.717) is 30.3 Å². The number of aromatic nitrogens is 3. The van der Waals surface area contributed by atoms with Crippen molar-refractivity contribution in [3.63, 3.8) is 0 Å². The van der Waals surface area contributed by atoms with Gasteiger partial charge in [-0.15, -0.1) is 0 Å². The molecule has 0 radical (unpaired) electrons. The van der Waals surface area contributed by atoms with Gasteiger partial charge < -0.3 is 14.8 Å². The third kappa shape index (κ3) is 3.34. The highest BCUT2D eigenvalue weighted by Gasteiger charge is 2.26. The first-order valence-corrected chi connectivity index (χ1v) is 8.43. The second-order valence-electron chi connectivity index (χ2n) is 5.89. The summed E-state index contributed by atoms with van der Waals surface area (Å²) >= 11 is 0. The number of hydrogen-bond donors (Lipinski definition) is 1. The van der Waals surface area contributed by atoms with Gasteiger partial charge in [0.05, 0.1) is 11.0 Å². The van der Waals surface area contributed by atoms with Crippen molar-refractivity contribution >= 4 is 11.6 Å². The maximum absolute atomic E-state index is 12.7. The molecule has 4 rings (SSSR count). The van der Waals surface area contributed by atoms with Gasteiger partial charge in [0.25, 0.3) is 11.6 Å². The number of rotatable bonds is 5. The second kappa shape index (κ2) is 7.35. The molecule has 0 spiro atoms. The van der Waals surface area contributed by atoms with Gasteiger partial charge in [0, 0.05) is 36.8 Å². The van der Waals surface area contributed by atoms with Crippen molar-refractivity contribution in [3.05, 3.63) is 70.2 Å². The summed E-state index contributed by atoms with van der Waals surface area (Å²) in [5, 5.41) is 18.2. The number of amides is 1. The number of pyridine rings is 1. The first-order chi connectivity index (χ1) is 13.6. The zero-order valence-electron chi connectivity index (χ0n) is 14.6. The topological polar surface area (TPSA) is 121 Å². The Labute approximate surface area is 158 Å². The van der Waals surface area contributed by atoms with E-state index in [-0.39, 0.29) is 23.5 Å². The summed E-state index contributed by atoms with van der Waals surface area (Å²) in [6.45, 7) is 0.731. The summed E-state index contributed by atoms with van der Waals surface area (Å²) in [5.41, 5.74) is 0.263. The third-order valence-corrected chi connectivity index (χ3v) is 4.13. The maximum Gasteiger partial charge on any atom is 0.286 e. The van der Waals surface area contributed by atoms with Crippen molar-refractivity contribution in [3.8, 4) is 17.3 Å². The van der Waals surface area contributed by atoms with Crippen LogP contribution in [0.1, 0.15) is 15.9 Å². The Hall–Kier alpha value is -3.95. The lowest BCUT2D eigenvalue weighted by Crippen LogP contribution is -2.25. The number of nitro groups is 1. The molecule has 28 heavy (non-hydrogen) atoms. The normalized spacial score (nSPS) is 12.4. The number of nitrogens with one attached hydrogen (secondary N) is 1. The van der Waals surface area contributed by atoms with Gasteiger partial charge in [-0.3, -0.25) is 14.9 Å². The molecule has 0 fully saturated rings. The molecule has 0 saturated carbocycles. The molecule has 1 N–H and O–H groups in total. The molecule has 3 heterocycles. The van der Waals surface area contributed by atoms with Crippen LogP contribution in [-0.2, 0) is 6.54 Å². The van der Waals surface area contributed by atoms with Gasteiger partial charge >= 0.3 is 0 Å². The molecule has 0 aliphatic carbocycles. The summed E-state index contributed by atoms with van der Waals surface area (Å²) in [7, 11) is 0. The Morgan fingerprint density at radius 3 is 2.71 bits per heavy atom. The number of fused-ring (bicyclic) bond motifs is 1. The van der Waals surface area contributed by atoms with Crippen molar-refractivity contribution in [2.45, 2.75) is 6.54 Å². The average Bonchev–Trinajstić information content (AvgIpc) is 3.26. The van der Waals surface area contributed by atoms with Gasteiger partial charge in [-0.25, -0.2) is 9.67 Å². The van der Waals surface area contributed by atoms with Crippen LogP contribution >= 0.6 is 0 Å². The fourth-order valence-corrected chi connectivity index (χ4v) is 2.85. The lowest BCUT2D eigenvalue weighted by molar-refractivity contribution is -0.385. The van der Waals surface area contributed by atoms with Gasteiger partial charge in [0.15, 0.2) is 17.3 Å². The Kier molecular flexibility index (Phi) is 4.58. The minimum atomic E-state index is -0.619. The minimum absolute atomic E-state index is 0.0984. The molecule has 2 aromatic heterocycles. The Morgan fingerprint density at radius 1 is 1.21 bits per heavy atom. The van der Waals surface area contributed by atoms with Crippen molar-refractivity contribution in [2.24, 2.45) is 0 Å². The van der Waals surface area contributed by atoms with Crippen molar-refractivity contribution < 1.29 is 19.2 Å². The fraction of sp³-hybridized carbons (Fsp3) is 0.167. The molecular weight excluding hydrogens is 366 g/mol. The molecule has 3 aromatic rings. The fourth-order valence-electron chi connectivity index (χ4n) is 2.85. The van der Waals surface area contributed by atoms with Gasteiger partial charge in [-0.05, 0) is 12.1 Å². The second-order valence-corrected chi connectivity index (χ2v) is 5.89. The predicted molar refractivity (Wildman–Crippen MR) is 96.6 cm³/mol. The average molecular weight is 381 g/mol. The Bertz CT molecular complexity index is 1030. The summed E-state index contributed by atoms with van der Waals surface area (Å²) in [5.74, 6) is 0.520. The highest BCUT2D eigenvalue weighted by molar-refractivity contribution is 5.99. The standard InChI is InChI=1S/C18H15N5O5/c24-18(13-9-15-16(28-8-7-27-15)10-14(13)23(25)26)20-11-12-3-1-4-19-17(12)22-6-2-5-21-22/h1-6,9-10H,7-8,11H2,(H,20,24). The van der Waals surface area contributed by atoms with Crippen LogP contribution in [0.5, 0.6) is 11.5 Å². The van der Waals surface area contributed by atoms with Gasteiger partial charge in [0.1, 0.15) is 18.8 Å². The molecular formula is C18H15N5O5. The molecule has 1 aromatic carbocycles. The van der Waals surface area contributed by atoms with Gasteiger partial charge in [-0.2, -0.15) is 5.10 Å². The number of hydrogen-bond acceptors (Lipinski definition) is 7. The van der Waals surface area contributed by atoms with Crippen molar-refractivity contribution in [1.29, 1.82) is 0 Å². The molecule has 0 bridgehead atoms. The van der Waals surface area contributed by atoms with Crippen LogP contribution in [-0.4, -0.2) is 38.8 Å². The highest BCUT2D eigenvalue weighted by atomic mass is 16.6. The predicted octanol–water partition coefficient (Wildman–Crippen LogP) is 1.88. The van der Waals surface area contributed by atoms with Crippen LogP contribution in [0.25, 0.3) is 5.82 Å². The van der Waals surface area contributed by atoms with E-state index in [9.17, 15) is 14.9 Å². The number of benzene rings is 1. The molecule has 10 heteroatoms. The van der Waals surface area contributed by atoms with E-state index in [0.717, 1.165) is 0 Å². The summed E-state index contributed by atoms with van der Waals surface area (Å²) in [6, 6.07) is 7.83. The van der Waals surface area contributed by atoms with Crippen LogP contribution < -0.4 is 14.8 Å². The van der Waals surface area contributed by atoms with Crippen LogP contribution in [0.3, 0.4) is 0 Å². The van der Waals surface area contributed by atoms with Crippen molar-refractivity contribution in [1.82, 2.24) is 20.1 Å². The minimum Gasteiger partial charge on any atom is -0.486 e. The molecule has 1 aliphatic rings. The monoisotopic (exact) mass is 381 g/mol. The Balaban J connectivity index is 1.59. The molecule has 142 valence electrons. The van der Waals surface area contributed by atoms with Crippen LogP contribution in [0.15, 0.2) is 48.9 Å². The lowest BCUT2D eigenvalue weighted by Gasteiger charge is -2.19. The summed E-state index contributed by atoms with van der Waals surface area (Å²) < 4.78 is 12.4. The van der Waals surface area contributed by atoms with E-state index in [2.05, 4.69) is 15.4 Å². The molecule has 1 aliphatic heterocycles. The third-order valence-electron chi connectivity index (χ3n) is 4.13. The number of carbonyl (C=O) groups is 1. The SMILES string of the molecule is O=C(NCc1cccnc1-n1cccn1)c1cc2c(cc1[N+](=O)[O-])OCCO2. The largest absolute Gasteiger partial charge is 0.486 e. The smallest absolute Gasteiger partial charge is 0.286 e. The van der Waals surface area contributed by atoms with E-state index >= 15 is 0 Å². The van der Waals surface area contributed by atoms with Crippen LogP contribution in [0, 0.1) is 10.1 Å². The first kappa shape index (κ1) is 17.5. The zero-order chi connectivity index (χ0) is 19.5. The molecule has 0 unspecified atom stereocenters. The zero-order valence-corrected chi connectivity index (χ0v) is 14.6. The molecule has 1 amide bonds. The highest BCUT2D eigenvalue weighted by Crippen LogP contribution is 2.36. The van der Waals surface area contributed by atoms with E-state index in [4.69, 9.17) is 9.47 Å². The maximum atomic E-state index is 12.7. The van der Waals surface area contributed by atoms with E-state index in [1.54, 1.807) is 41.5 Å². The van der Waals surface area contributed by atoms with Gasteiger partial charge in [0.2, 0.25) is 0 Å². The lowest BCUT2D eigenvalue weighted by atomic mass is 10.1. The van der Waals surface area contributed by atoms with E-state index in [1.165, 1.54) is 12.1 Å². The van der Waals surface area contributed by atoms with Gasteiger partial charge in [-0.1, -0.05) is 6.07 Å². The van der Waals surface area contributed by atoms with Crippen LogP contribution in [0.4, 0.5) is 5.69 Å². The molecule has 0 saturated heterocycles. The van der Waals surface area contributed by atoms with Crippen LogP contribution in [0.2, 0.25) is 0 Å². The molecule has 0 atom stereocenters. The van der Waals surface area contributed by atoms with E-state index < -0.39 is 10.8 Å². The number of nitrogens with zero attached hydrogens (tertiary/aromatic N) is 4. The number of nitro benzene ring substituents is 1. The number of carbonyl (C=O) groups excluding carboxylic acids is 1. The molecule has 10 nitrogen and oxygen atoms in total. The first-order valence-electron chi connectivity index (χ1n) is 8.43.